The van der Waals surface area contributed by atoms with Gasteiger partial charge in [0.1, 0.15) is 0 Å². The number of nitrogens with zero attached hydrogens (tertiary/aromatic N) is 3. The molecule has 1 aliphatic heterocycles. The zero-order chi connectivity index (χ0) is 14.7. The van der Waals surface area contributed by atoms with Crippen LogP contribution in [0.3, 0.4) is 0 Å². The van der Waals surface area contributed by atoms with Gasteiger partial charge in [0, 0.05) is 31.4 Å². The molecule has 2 aliphatic rings. The fourth-order valence-electron chi connectivity index (χ4n) is 3.70. The van der Waals surface area contributed by atoms with Crippen molar-refractivity contribution in [3.05, 3.63) is 18.0 Å². The number of nitrogens with one attached hydrogen (secondary N) is 1. The van der Waals surface area contributed by atoms with Gasteiger partial charge in [0.25, 0.3) is 0 Å². The van der Waals surface area contributed by atoms with Crippen molar-refractivity contribution in [1.29, 1.82) is 0 Å². The summed E-state index contributed by atoms with van der Waals surface area (Å²) in [6.07, 6.45) is 10.2. The maximum atomic E-state index is 4.84. The van der Waals surface area contributed by atoms with E-state index >= 15 is 0 Å². The van der Waals surface area contributed by atoms with E-state index < -0.39 is 0 Å². The highest BCUT2D eigenvalue weighted by Gasteiger charge is 2.21. The first-order chi connectivity index (χ1) is 10.2. The van der Waals surface area contributed by atoms with Gasteiger partial charge in [0.15, 0.2) is 0 Å². The van der Waals surface area contributed by atoms with Gasteiger partial charge in [-0.1, -0.05) is 12.8 Å². The molecule has 1 N–H and O–H groups in total. The van der Waals surface area contributed by atoms with Crippen LogP contribution in [0.25, 0.3) is 0 Å². The Labute approximate surface area is 128 Å². The first-order valence-corrected chi connectivity index (χ1v) is 8.74. The minimum absolute atomic E-state index is 0.573. The van der Waals surface area contributed by atoms with Crippen LogP contribution in [0.2, 0.25) is 0 Å². The number of hydrogen-bond donors (Lipinski definition) is 1. The van der Waals surface area contributed by atoms with Crippen LogP contribution in [0.1, 0.15) is 64.1 Å². The van der Waals surface area contributed by atoms with Crippen molar-refractivity contribution in [3.8, 4) is 0 Å². The third kappa shape index (κ3) is 3.86. The molecular weight excluding hydrogens is 260 g/mol. The molecule has 3 rings (SSSR count). The maximum absolute atomic E-state index is 4.84. The number of aromatic nitrogens is 2. The van der Waals surface area contributed by atoms with Crippen LogP contribution in [0.4, 0.5) is 0 Å². The number of rotatable bonds is 6. The van der Waals surface area contributed by atoms with Gasteiger partial charge in [0.2, 0.25) is 0 Å². The molecule has 0 aromatic carbocycles. The van der Waals surface area contributed by atoms with Gasteiger partial charge in [-0.25, -0.2) is 0 Å². The minimum atomic E-state index is 0.573. The lowest BCUT2D eigenvalue weighted by atomic mass is 10.2. The van der Waals surface area contributed by atoms with Gasteiger partial charge in [0.05, 0.1) is 11.7 Å². The molecule has 21 heavy (non-hydrogen) atoms. The standard InChI is InChI=1S/C17H30N4/c1-14(2)20(12-15-6-5-10-18-15)13-16-9-11-21(19-16)17-7-3-4-8-17/h9,11,14-15,17-18H,3-8,10,12-13H2,1-2H3. The lowest BCUT2D eigenvalue weighted by molar-refractivity contribution is 0.191. The van der Waals surface area contributed by atoms with Gasteiger partial charge in [-0.15, -0.1) is 0 Å². The van der Waals surface area contributed by atoms with Crippen molar-refractivity contribution in [1.82, 2.24) is 20.0 Å². The van der Waals surface area contributed by atoms with Crippen molar-refractivity contribution in [2.45, 2.75) is 77.0 Å². The summed E-state index contributed by atoms with van der Waals surface area (Å²) in [7, 11) is 0. The first-order valence-electron chi connectivity index (χ1n) is 8.74. The molecule has 1 unspecified atom stereocenters. The van der Waals surface area contributed by atoms with E-state index in [2.05, 4.69) is 41.0 Å². The fourth-order valence-corrected chi connectivity index (χ4v) is 3.70. The van der Waals surface area contributed by atoms with Crippen molar-refractivity contribution >= 4 is 0 Å². The van der Waals surface area contributed by atoms with Gasteiger partial charge >= 0.3 is 0 Å². The Morgan fingerprint density at radius 1 is 1.29 bits per heavy atom. The normalized spacial score (nSPS) is 23.7. The molecule has 1 saturated carbocycles. The Morgan fingerprint density at radius 3 is 2.76 bits per heavy atom. The van der Waals surface area contributed by atoms with E-state index in [1.54, 1.807) is 0 Å². The van der Waals surface area contributed by atoms with Crippen molar-refractivity contribution < 1.29 is 0 Å². The summed E-state index contributed by atoms with van der Waals surface area (Å²) in [5, 5.41) is 8.45. The molecule has 1 saturated heterocycles. The Hall–Kier alpha value is -0.870. The monoisotopic (exact) mass is 290 g/mol. The topological polar surface area (TPSA) is 33.1 Å². The largest absolute Gasteiger partial charge is 0.313 e. The highest BCUT2D eigenvalue weighted by atomic mass is 15.3. The summed E-state index contributed by atoms with van der Waals surface area (Å²) in [6, 6.07) is 4.12. The predicted molar refractivity (Wildman–Crippen MR) is 86.3 cm³/mol. The van der Waals surface area contributed by atoms with Crippen LogP contribution >= 0.6 is 0 Å². The first kappa shape index (κ1) is 15.0. The van der Waals surface area contributed by atoms with Crippen LogP contribution in [0, 0.1) is 0 Å². The van der Waals surface area contributed by atoms with Crippen LogP contribution in [0.15, 0.2) is 12.3 Å². The van der Waals surface area contributed by atoms with Crippen LogP contribution in [-0.2, 0) is 6.54 Å². The summed E-state index contributed by atoms with van der Waals surface area (Å²) >= 11 is 0. The zero-order valence-electron chi connectivity index (χ0n) is 13.6. The smallest absolute Gasteiger partial charge is 0.0765 e. The second kappa shape index (κ2) is 6.93. The van der Waals surface area contributed by atoms with Crippen LogP contribution in [0.5, 0.6) is 0 Å². The van der Waals surface area contributed by atoms with Gasteiger partial charge < -0.3 is 5.32 Å². The molecule has 2 fully saturated rings. The second-order valence-corrected chi connectivity index (χ2v) is 7.04. The highest BCUT2D eigenvalue weighted by Crippen LogP contribution is 2.28. The van der Waals surface area contributed by atoms with E-state index in [1.165, 1.54) is 50.8 Å². The maximum Gasteiger partial charge on any atom is 0.0765 e. The summed E-state index contributed by atoms with van der Waals surface area (Å²) in [5.74, 6) is 0. The summed E-state index contributed by atoms with van der Waals surface area (Å²) in [4.78, 5) is 2.56. The van der Waals surface area contributed by atoms with E-state index in [9.17, 15) is 0 Å². The molecule has 0 amide bonds. The summed E-state index contributed by atoms with van der Waals surface area (Å²) in [6.45, 7) is 7.91. The molecule has 1 aliphatic carbocycles. The average molecular weight is 290 g/mol. The second-order valence-electron chi connectivity index (χ2n) is 7.04. The molecule has 1 aromatic heterocycles. The minimum Gasteiger partial charge on any atom is -0.313 e. The van der Waals surface area contributed by atoms with E-state index in [0.29, 0.717) is 18.1 Å². The van der Waals surface area contributed by atoms with Crippen molar-refractivity contribution in [2.24, 2.45) is 0 Å². The van der Waals surface area contributed by atoms with Crippen LogP contribution < -0.4 is 5.32 Å². The van der Waals surface area contributed by atoms with Gasteiger partial charge in [-0.2, -0.15) is 5.10 Å². The van der Waals surface area contributed by atoms with E-state index in [0.717, 1.165) is 13.1 Å². The molecule has 2 heterocycles. The number of hydrogen-bond acceptors (Lipinski definition) is 3. The molecule has 4 heteroatoms. The van der Waals surface area contributed by atoms with Crippen molar-refractivity contribution in [3.63, 3.8) is 0 Å². The molecule has 0 spiro atoms. The lowest BCUT2D eigenvalue weighted by Crippen LogP contribution is -2.40. The predicted octanol–water partition coefficient (Wildman–Crippen LogP) is 2.96. The van der Waals surface area contributed by atoms with Crippen LogP contribution in [-0.4, -0.2) is 39.9 Å². The fraction of sp³-hybridized carbons (Fsp3) is 0.824. The summed E-state index contributed by atoms with van der Waals surface area (Å²) < 4.78 is 2.22. The Morgan fingerprint density at radius 2 is 2.10 bits per heavy atom. The molecule has 0 radical (unpaired) electrons. The molecule has 0 bridgehead atoms. The zero-order valence-corrected chi connectivity index (χ0v) is 13.6. The highest BCUT2D eigenvalue weighted by molar-refractivity contribution is 5.01. The van der Waals surface area contributed by atoms with E-state index in [4.69, 9.17) is 5.10 Å². The summed E-state index contributed by atoms with van der Waals surface area (Å²) in [5.41, 5.74) is 1.23. The molecule has 1 atom stereocenters. The molecular formula is C17H30N4. The molecule has 118 valence electrons. The Kier molecular flexibility index (Phi) is 4.96. The molecule has 1 aromatic rings. The lowest BCUT2D eigenvalue weighted by Gasteiger charge is -2.28. The third-order valence-electron chi connectivity index (χ3n) is 5.08. The van der Waals surface area contributed by atoms with E-state index in [-0.39, 0.29) is 0 Å². The Balaban J connectivity index is 1.59. The van der Waals surface area contributed by atoms with Gasteiger partial charge in [-0.05, 0) is 52.1 Å². The quantitative estimate of drug-likeness (QED) is 0.874. The average Bonchev–Trinajstić information content (AvgIpc) is 3.20. The molecule has 4 nitrogen and oxygen atoms in total. The SMILES string of the molecule is CC(C)N(Cc1ccn(C2CCCC2)n1)CC1CCCN1. The van der Waals surface area contributed by atoms with Gasteiger partial charge in [-0.3, -0.25) is 9.58 Å². The van der Waals surface area contributed by atoms with Crippen molar-refractivity contribution in [2.75, 3.05) is 13.1 Å². The Bertz CT molecular complexity index is 428. The third-order valence-corrected chi connectivity index (χ3v) is 5.08. The van der Waals surface area contributed by atoms with E-state index in [1.807, 2.05) is 0 Å².